The number of sulfone groups is 1. The second-order valence-electron chi connectivity index (χ2n) is 4.73. The second kappa shape index (κ2) is 7.40. The van der Waals surface area contributed by atoms with Gasteiger partial charge in [-0.2, -0.15) is 0 Å². The third-order valence-corrected chi connectivity index (χ3v) is 4.67. The van der Waals surface area contributed by atoms with Crippen LogP contribution in [0.15, 0.2) is 29.2 Å². The van der Waals surface area contributed by atoms with Gasteiger partial charge in [0.05, 0.1) is 23.4 Å². The summed E-state index contributed by atoms with van der Waals surface area (Å²) in [5, 5.41) is 7.27. The normalized spacial score (nSPS) is 13.1. The standard InChI is InChI=1S/C14H22N2O3S/c1-3-4-11(2)19-9-10-20(17,18)13-7-5-12(6-8-13)14(15)16/h5-8,11H,3-4,9-10H2,1-2H3,(H3,15,16). The summed E-state index contributed by atoms with van der Waals surface area (Å²) in [5.74, 6) is -0.119. The van der Waals surface area contributed by atoms with E-state index in [0.717, 1.165) is 12.8 Å². The Bertz CT molecular complexity index is 538. The summed E-state index contributed by atoms with van der Waals surface area (Å²) in [4.78, 5) is 0.231. The van der Waals surface area contributed by atoms with Crippen molar-refractivity contribution >= 4 is 15.7 Å². The van der Waals surface area contributed by atoms with Gasteiger partial charge in [0.15, 0.2) is 9.84 Å². The molecule has 0 aromatic heterocycles. The molecule has 1 aromatic rings. The Balaban J connectivity index is 2.62. The van der Waals surface area contributed by atoms with Crippen LogP contribution in [0.5, 0.6) is 0 Å². The number of nitrogen functional groups attached to an aromatic ring is 1. The van der Waals surface area contributed by atoms with Gasteiger partial charge in [0.2, 0.25) is 0 Å². The Labute approximate surface area is 120 Å². The zero-order chi connectivity index (χ0) is 15.2. The summed E-state index contributed by atoms with van der Waals surface area (Å²) in [6.45, 7) is 4.20. The van der Waals surface area contributed by atoms with Gasteiger partial charge in [-0.25, -0.2) is 8.42 Å². The molecule has 0 fully saturated rings. The van der Waals surface area contributed by atoms with Crippen LogP contribution in [0.25, 0.3) is 0 Å². The summed E-state index contributed by atoms with van der Waals surface area (Å²) >= 11 is 0. The second-order valence-corrected chi connectivity index (χ2v) is 6.84. The van der Waals surface area contributed by atoms with Crippen molar-refractivity contribution in [2.75, 3.05) is 12.4 Å². The van der Waals surface area contributed by atoms with Crippen LogP contribution >= 0.6 is 0 Å². The lowest BCUT2D eigenvalue weighted by Crippen LogP contribution is -2.17. The third-order valence-electron chi connectivity index (χ3n) is 2.97. The van der Waals surface area contributed by atoms with Gasteiger partial charge < -0.3 is 10.5 Å². The molecular weight excluding hydrogens is 276 g/mol. The van der Waals surface area contributed by atoms with Crippen LogP contribution in [0.3, 0.4) is 0 Å². The number of nitrogens with two attached hydrogens (primary N) is 1. The van der Waals surface area contributed by atoms with Crippen molar-refractivity contribution in [3.05, 3.63) is 29.8 Å². The summed E-state index contributed by atoms with van der Waals surface area (Å²) in [6, 6.07) is 6.02. The molecule has 5 nitrogen and oxygen atoms in total. The van der Waals surface area contributed by atoms with Crippen molar-refractivity contribution in [2.45, 2.75) is 37.7 Å². The Hall–Kier alpha value is -1.40. The van der Waals surface area contributed by atoms with E-state index in [4.69, 9.17) is 15.9 Å². The number of hydrogen-bond donors (Lipinski definition) is 2. The summed E-state index contributed by atoms with van der Waals surface area (Å²) in [5.41, 5.74) is 5.84. The first kappa shape index (κ1) is 16.7. The molecule has 0 bridgehead atoms. The fourth-order valence-corrected chi connectivity index (χ4v) is 2.91. The minimum Gasteiger partial charge on any atom is -0.384 e. The van der Waals surface area contributed by atoms with Crippen molar-refractivity contribution in [1.29, 1.82) is 5.41 Å². The van der Waals surface area contributed by atoms with Gasteiger partial charge >= 0.3 is 0 Å². The fraction of sp³-hybridized carbons (Fsp3) is 0.500. The monoisotopic (exact) mass is 298 g/mol. The minimum atomic E-state index is -3.35. The molecule has 0 saturated heterocycles. The van der Waals surface area contributed by atoms with Crippen LogP contribution in [0, 0.1) is 5.41 Å². The first-order chi connectivity index (χ1) is 9.36. The molecule has 0 spiro atoms. The largest absolute Gasteiger partial charge is 0.384 e. The molecule has 1 atom stereocenters. The van der Waals surface area contributed by atoms with E-state index in [1.807, 2.05) is 6.92 Å². The molecule has 0 heterocycles. The van der Waals surface area contributed by atoms with E-state index in [-0.39, 0.29) is 29.2 Å². The van der Waals surface area contributed by atoms with Crippen LogP contribution in [-0.2, 0) is 14.6 Å². The van der Waals surface area contributed by atoms with Gasteiger partial charge in [0, 0.05) is 5.56 Å². The number of hydrogen-bond acceptors (Lipinski definition) is 4. The molecule has 1 rings (SSSR count). The summed E-state index contributed by atoms with van der Waals surface area (Å²) < 4.78 is 29.6. The molecule has 0 amide bonds. The molecule has 0 radical (unpaired) electrons. The van der Waals surface area contributed by atoms with E-state index >= 15 is 0 Å². The Morgan fingerprint density at radius 1 is 1.35 bits per heavy atom. The molecule has 20 heavy (non-hydrogen) atoms. The number of rotatable bonds is 8. The quantitative estimate of drug-likeness (QED) is 0.566. The molecule has 6 heteroatoms. The summed E-state index contributed by atoms with van der Waals surface area (Å²) in [6.07, 6.45) is 2.02. The molecule has 0 aliphatic carbocycles. The van der Waals surface area contributed by atoms with Crippen LogP contribution in [0.2, 0.25) is 0 Å². The highest BCUT2D eigenvalue weighted by Gasteiger charge is 2.15. The van der Waals surface area contributed by atoms with Crippen LogP contribution in [0.4, 0.5) is 0 Å². The van der Waals surface area contributed by atoms with Crippen molar-refractivity contribution < 1.29 is 13.2 Å². The van der Waals surface area contributed by atoms with Gasteiger partial charge in [-0.1, -0.05) is 25.5 Å². The van der Waals surface area contributed by atoms with Gasteiger partial charge in [0.1, 0.15) is 5.84 Å². The zero-order valence-electron chi connectivity index (χ0n) is 11.9. The van der Waals surface area contributed by atoms with E-state index < -0.39 is 9.84 Å². The van der Waals surface area contributed by atoms with Crippen molar-refractivity contribution in [2.24, 2.45) is 5.73 Å². The number of nitrogens with one attached hydrogen (secondary N) is 1. The predicted molar refractivity (Wildman–Crippen MR) is 79.8 cm³/mol. The Morgan fingerprint density at radius 2 is 1.95 bits per heavy atom. The van der Waals surface area contributed by atoms with E-state index in [9.17, 15) is 8.42 Å². The van der Waals surface area contributed by atoms with Crippen molar-refractivity contribution in [3.8, 4) is 0 Å². The molecule has 0 aliphatic rings. The average Bonchev–Trinajstić information content (AvgIpc) is 2.39. The average molecular weight is 298 g/mol. The molecule has 1 aromatic carbocycles. The number of amidine groups is 1. The fourth-order valence-electron chi connectivity index (χ4n) is 1.81. The maximum Gasteiger partial charge on any atom is 0.180 e. The highest BCUT2D eigenvalue weighted by molar-refractivity contribution is 7.91. The number of benzene rings is 1. The van der Waals surface area contributed by atoms with Gasteiger partial charge in [-0.3, -0.25) is 5.41 Å². The van der Waals surface area contributed by atoms with Gasteiger partial charge in [0.25, 0.3) is 0 Å². The van der Waals surface area contributed by atoms with Crippen molar-refractivity contribution in [1.82, 2.24) is 0 Å². The minimum absolute atomic E-state index is 0.0412. The lowest BCUT2D eigenvalue weighted by atomic mass is 10.2. The highest BCUT2D eigenvalue weighted by Crippen LogP contribution is 2.13. The van der Waals surface area contributed by atoms with Crippen LogP contribution < -0.4 is 5.73 Å². The summed E-state index contributed by atoms with van der Waals surface area (Å²) in [7, 11) is -3.35. The van der Waals surface area contributed by atoms with Gasteiger partial charge in [-0.15, -0.1) is 0 Å². The Kier molecular flexibility index (Phi) is 6.16. The van der Waals surface area contributed by atoms with Crippen molar-refractivity contribution in [3.63, 3.8) is 0 Å². The lowest BCUT2D eigenvalue weighted by Gasteiger charge is -2.12. The molecule has 1 unspecified atom stereocenters. The van der Waals surface area contributed by atoms with E-state index in [0.29, 0.717) is 5.56 Å². The van der Waals surface area contributed by atoms with Gasteiger partial charge in [-0.05, 0) is 25.5 Å². The van der Waals surface area contributed by atoms with Crippen LogP contribution in [0.1, 0.15) is 32.3 Å². The maximum absolute atomic E-state index is 12.1. The first-order valence-corrected chi connectivity index (χ1v) is 8.31. The SMILES string of the molecule is CCCC(C)OCCS(=O)(=O)c1ccc(C(=N)N)cc1. The number of ether oxygens (including phenoxy) is 1. The van der Waals surface area contributed by atoms with Crippen LogP contribution in [-0.4, -0.2) is 32.7 Å². The molecule has 112 valence electrons. The van der Waals surface area contributed by atoms with E-state index in [1.54, 1.807) is 0 Å². The Morgan fingerprint density at radius 3 is 2.45 bits per heavy atom. The lowest BCUT2D eigenvalue weighted by molar-refractivity contribution is 0.0711. The molecule has 0 aliphatic heterocycles. The maximum atomic E-state index is 12.1. The highest BCUT2D eigenvalue weighted by atomic mass is 32.2. The third kappa shape index (κ3) is 4.94. The van der Waals surface area contributed by atoms with E-state index in [2.05, 4.69) is 6.92 Å². The zero-order valence-corrected chi connectivity index (χ0v) is 12.7. The smallest absolute Gasteiger partial charge is 0.180 e. The first-order valence-electron chi connectivity index (χ1n) is 6.65. The molecule has 3 N–H and O–H groups in total. The molecule has 0 saturated carbocycles. The molecular formula is C14H22N2O3S. The van der Waals surface area contributed by atoms with E-state index in [1.165, 1.54) is 24.3 Å². The predicted octanol–water partition coefficient (Wildman–Crippen LogP) is 1.95. The topological polar surface area (TPSA) is 93.2 Å².